The summed E-state index contributed by atoms with van der Waals surface area (Å²) in [7, 11) is 1.64. The van der Waals surface area contributed by atoms with E-state index >= 15 is 0 Å². The molecule has 2 heterocycles. The molecule has 0 radical (unpaired) electrons. The number of amides is 1. The van der Waals surface area contributed by atoms with E-state index in [2.05, 4.69) is 22.1 Å². The van der Waals surface area contributed by atoms with Gasteiger partial charge in [0.05, 0.1) is 24.2 Å². The minimum absolute atomic E-state index is 0.0392. The van der Waals surface area contributed by atoms with Crippen LogP contribution in [0.3, 0.4) is 0 Å². The minimum Gasteiger partial charge on any atom is -0.497 e. The van der Waals surface area contributed by atoms with Crippen LogP contribution in [-0.2, 0) is 17.8 Å². The van der Waals surface area contributed by atoms with Crippen molar-refractivity contribution in [3.05, 3.63) is 60.6 Å². The number of carbonyl (C=O) groups is 1. The highest BCUT2D eigenvalue weighted by Crippen LogP contribution is 2.29. The zero-order valence-electron chi connectivity index (χ0n) is 17.4. The number of methoxy groups -OCH3 is 1. The van der Waals surface area contributed by atoms with E-state index in [0.29, 0.717) is 24.1 Å². The Bertz CT molecular complexity index is 994. The summed E-state index contributed by atoms with van der Waals surface area (Å²) in [5.41, 5.74) is 2.02. The highest BCUT2D eigenvalue weighted by molar-refractivity contribution is 8.00. The van der Waals surface area contributed by atoms with Crippen LogP contribution in [0.5, 0.6) is 5.75 Å². The predicted molar refractivity (Wildman–Crippen MR) is 118 cm³/mol. The lowest BCUT2D eigenvalue weighted by molar-refractivity contribution is -0.120. The number of carbonyl (C=O) groups excluding carboxylic acids is 1. The maximum Gasteiger partial charge on any atom is 0.233 e. The first-order valence-electron chi connectivity index (χ1n) is 9.69. The molecule has 0 saturated carbocycles. The first kappa shape index (κ1) is 21.7. The fraction of sp³-hybridized carbons (Fsp3) is 0.318. The van der Waals surface area contributed by atoms with Crippen molar-refractivity contribution in [3.8, 4) is 17.1 Å². The van der Waals surface area contributed by atoms with E-state index < -0.39 is 0 Å². The molecule has 0 aliphatic rings. The molecule has 1 amide bonds. The molecular weight excluding hydrogens is 400 g/mol. The zero-order chi connectivity index (χ0) is 21.5. The SMILES string of the molecule is C=CCn1c(SC(C)C(=O)NCCc2ccc(OC)cc2)nnc1-c1ccoc1C. The Morgan fingerprint density at radius 3 is 2.73 bits per heavy atom. The average molecular weight is 427 g/mol. The molecule has 0 fully saturated rings. The zero-order valence-corrected chi connectivity index (χ0v) is 18.2. The standard InChI is InChI=1S/C22H26N4O3S/c1-5-13-26-20(19-11-14-29-15(19)2)24-25-22(26)30-16(3)21(27)23-12-10-17-6-8-18(28-4)9-7-17/h5-9,11,14,16H,1,10,12-13H2,2-4H3,(H,23,27). The van der Waals surface area contributed by atoms with Crippen LogP contribution in [0.25, 0.3) is 11.4 Å². The Kier molecular flexibility index (Phi) is 7.35. The van der Waals surface area contributed by atoms with Crippen LogP contribution >= 0.6 is 11.8 Å². The molecule has 1 atom stereocenters. The Morgan fingerprint density at radius 1 is 1.33 bits per heavy atom. The molecular formula is C22H26N4O3S. The topological polar surface area (TPSA) is 82.2 Å². The first-order valence-corrected chi connectivity index (χ1v) is 10.6. The maximum atomic E-state index is 12.6. The van der Waals surface area contributed by atoms with Crippen molar-refractivity contribution in [3.63, 3.8) is 0 Å². The number of nitrogens with zero attached hydrogens (tertiary/aromatic N) is 3. The molecule has 0 aliphatic carbocycles. The Hall–Kier alpha value is -3.00. The number of rotatable bonds is 10. The summed E-state index contributed by atoms with van der Waals surface area (Å²) >= 11 is 1.38. The van der Waals surface area contributed by atoms with Crippen molar-refractivity contribution < 1.29 is 13.9 Å². The summed E-state index contributed by atoms with van der Waals surface area (Å²) in [6, 6.07) is 9.70. The first-order chi connectivity index (χ1) is 14.5. The maximum absolute atomic E-state index is 12.6. The quantitative estimate of drug-likeness (QED) is 0.391. The molecule has 2 aromatic heterocycles. The van der Waals surface area contributed by atoms with E-state index in [9.17, 15) is 4.79 Å². The molecule has 0 bridgehead atoms. The lowest BCUT2D eigenvalue weighted by Crippen LogP contribution is -2.32. The highest BCUT2D eigenvalue weighted by Gasteiger charge is 2.21. The highest BCUT2D eigenvalue weighted by atomic mass is 32.2. The number of furan rings is 1. The molecule has 1 N–H and O–H groups in total. The molecule has 8 heteroatoms. The van der Waals surface area contributed by atoms with Crippen molar-refractivity contribution in [2.24, 2.45) is 0 Å². The summed E-state index contributed by atoms with van der Waals surface area (Å²) in [5, 5.41) is 11.9. The molecule has 0 aliphatic heterocycles. The molecule has 158 valence electrons. The second kappa shape index (κ2) is 10.2. The molecule has 7 nitrogen and oxygen atoms in total. The van der Waals surface area contributed by atoms with E-state index in [1.807, 2.05) is 48.7 Å². The number of benzene rings is 1. The van der Waals surface area contributed by atoms with Gasteiger partial charge in [-0.3, -0.25) is 9.36 Å². The number of hydrogen-bond donors (Lipinski definition) is 1. The van der Waals surface area contributed by atoms with Gasteiger partial charge in [-0.2, -0.15) is 0 Å². The van der Waals surface area contributed by atoms with Crippen LogP contribution in [0.1, 0.15) is 18.2 Å². The van der Waals surface area contributed by atoms with Crippen LogP contribution < -0.4 is 10.1 Å². The van der Waals surface area contributed by atoms with E-state index in [1.54, 1.807) is 19.4 Å². The summed E-state index contributed by atoms with van der Waals surface area (Å²) in [5.74, 6) is 2.26. The van der Waals surface area contributed by atoms with E-state index in [4.69, 9.17) is 9.15 Å². The third kappa shape index (κ3) is 5.13. The van der Waals surface area contributed by atoms with Gasteiger partial charge in [-0.15, -0.1) is 16.8 Å². The van der Waals surface area contributed by atoms with Crippen LogP contribution in [0.15, 0.2) is 58.8 Å². The normalized spacial score (nSPS) is 11.8. The van der Waals surface area contributed by atoms with Crippen molar-refractivity contribution in [1.82, 2.24) is 20.1 Å². The minimum atomic E-state index is -0.313. The Labute approximate surface area is 180 Å². The smallest absolute Gasteiger partial charge is 0.233 e. The van der Waals surface area contributed by atoms with Crippen LogP contribution in [0, 0.1) is 6.92 Å². The van der Waals surface area contributed by atoms with Gasteiger partial charge in [0, 0.05) is 13.1 Å². The van der Waals surface area contributed by atoms with Gasteiger partial charge >= 0.3 is 0 Å². The van der Waals surface area contributed by atoms with E-state index in [1.165, 1.54) is 11.8 Å². The van der Waals surface area contributed by atoms with Gasteiger partial charge in [-0.25, -0.2) is 0 Å². The van der Waals surface area contributed by atoms with Crippen LogP contribution in [0.2, 0.25) is 0 Å². The average Bonchev–Trinajstić information content (AvgIpc) is 3.34. The Balaban J connectivity index is 1.60. The van der Waals surface area contributed by atoms with Crippen LogP contribution in [0.4, 0.5) is 0 Å². The van der Waals surface area contributed by atoms with Crippen molar-refractivity contribution >= 4 is 17.7 Å². The predicted octanol–water partition coefficient (Wildman–Crippen LogP) is 3.88. The van der Waals surface area contributed by atoms with E-state index in [0.717, 1.165) is 29.1 Å². The number of aryl methyl sites for hydroxylation is 1. The van der Waals surface area contributed by atoms with Crippen molar-refractivity contribution in [2.75, 3.05) is 13.7 Å². The molecule has 1 unspecified atom stereocenters. The van der Waals surface area contributed by atoms with Gasteiger partial charge in [0.15, 0.2) is 11.0 Å². The number of hydrogen-bond acceptors (Lipinski definition) is 6. The van der Waals surface area contributed by atoms with Gasteiger partial charge < -0.3 is 14.5 Å². The molecule has 3 rings (SSSR count). The number of nitrogens with one attached hydrogen (secondary N) is 1. The molecule has 0 spiro atoms. The lowest BCUT2D eigenvalue weighted by atomic mass is 10.1. The van der Waals surface area contributed by atoms with Crippen molar-refractivity contribution in [2.45, 2.75) is 37.2 Å². The second-order valence-electron chi connectivity index (χ2n) is 6.75. The van der Waals surface area contributed by atoms with Gasteiger partial charge in [0.1, 0.15) is 11.5 Å². The molecule has 30 heavy (non-hydrogen) atoms. The van der Waals surface area contributed by atoms with Crippen LogP contribution in [-0.4, -0.2) is 39.6 Å². The second-order valence-corrected chi connectivity index (χ2v) is 8.05. The summed E-state index contributed by atoms with van der Waals surface area (Å²) in [6.45, 7) is 8.67. The number of ether oxygens (including phenoxy) is 1. The number of allylic oxidation sites excluding steroid dienone is 1. The van der Waals surface area contributed by atoms with E-state index in [-0.39, 0.29) is 11.2 Å². The van der Waals surface area contributed by atoms with Gasteiger partial charge in [-0.05, 0) is 44.0 Å². The molecule has 3 aromatic rings. The lowest BCUT2D eigenvalue weighted by Gasteiger charge is -2.13. The molecule has 1 aromatic carbocycles. The number of thioether (sulfide) groups is 1. The Morgan fingerprint density at radius 2 is 2.10 bits per heavy atom. The van der Waals surface area contributed by atoms with Gasteiger partial charge in [0.25, 0.3) is 0 Å². The third-order valence-corrected chi connectivity index (χ3v) is 5.73. The third-order valence-electron chi connectivity index (χ3n) is 4.65. The largest absolute Gasteiger partial charge is 0.497 e. The van der Waals surface area contributed by atoms with Gasteiger partial charge in [0.2, 0.25) is 5.91 Å². The number of aromatic nitrogens is 3. The van der Waals surface area contributed by atoms with Crippen molar-refractivity contribution in [1.29, 1.82) is 0 Å². The molecule has 0 saturated heterocycles. The monoisotopic (exact) mass is 426 g/mol. The fourth-order valence-electron chi connectivity index (χ4n) is 2.96. The summed E-state index contributed by atoms with van der Waals surface area (Å²) in [6.07, 6.45) is 4.17. The van der Waals surface area contributed by atoms with Gasteiger partial charge in [-0.1, -0.05) is 30.0 Å². The summed E-state index contributed by atoms with van der Waals surface area (Å²) < 4.78 is 12.5. The summed E-state index contributed by atoms with van der Waals surface area (Å²) in [4.78, 5) is 12.6. The fourth-order valence-corrected chi connectivity index (χ4v) is 3.85.